The van der Waals surface area contributed by atoms with Gasteiger partial charge in [-0.3, -0.25) is 9.59 Å². The van der Waals surface area contributed by atoms with Gasteiger partial charge in [0.1, 0.15) is 5.78 Å². The molecule has 0 N–H and O–H groups in total. The average Bonchev–Trinajstić information content (AvgIpc) is 2.30. The highest BCUT2D eigenvalue weighted by molar-refractivity contribution is 8.00. The molecule has 0 bridgehead atoms. The van der Waals surface area contributed by atoms with Gasteiger partial charge in [0, 0.05) is 6.42 Å². The normalized spacial score (nSPS) is 9.94. The molecule has 0 fully saturated rings. The van der Waals surface area contributed by atoms with Gasteiger partial charge < -0.3 is 4.74 Å². The minimum atomic E-state index is -0.259. The van der Waals surface area contributed by atoms with Crippen molar-refractivity contribution in [2.24, 2.45) is 0 Å². The predicted octanol–water partition coefficient (Wildman–Crippen LogP) is 2.09. The van der Waals surface area contributed by atoms with Gasteiger partial charge in [-0.15, -0.1) is 11.8 Å². The number of benzene rings is 1. The topological polar surface area (TPSA) is 43.4 Å². The Hall–Kier alpha value is -1.29. The fourth-order valence-electron chi connectivity index (χ4n) is 1.33. The Bertz CT molecular complexity index is 362. The van der Waals surface area contributed by atoms with Crippen LogP contribution in [0.15, 0.2) is 30.3 Å². The number of ether oxygens (including phenoxy) is 1. The van der Waals surface area contributed by atoms with Crippen LogP contribution >= 0.6 is 11.8 Å². The Morgan fingerprint density at radius 1 is 1.18 bits per heavy atom. The van der Waals surface area contributed by atoms with Crippen LogP contribution in [0, 0.1) is 0 Å². The molecule has 0 saturated heterocycles. The zero-order valence-electron chi connectivity index (χ0n) is 9.85. The van der Waals surface area contributed by atoms with E-state index in [1.54, 1.807) is 6.92 Å². The molecule has 0 atom stereocenters. The highest BCUT2D eigenvalue weighted by Gasteiger charge is 2.06. The molecule has 3 nitrogen and oxygen atoms in total. The van der Waals surface area contributed by atoms with E-state index < -0.39 is 0 Å². The Morgan fingerprint density at radius 2 is 1.88 bits per heavy atom. The zero-order valence-corrected chi connectivity index (χ0v) is 10.7. The van der Waals surface area contributed by atoms with E-state index in [0.717, 1.165) is 5.56 Å². The van der Waals surface area contributed by atoms with Crippen LogP contribution in [0.4, 0.5) is 0 Å². The largest absolute Gasteiger partial charge is 0.465 e. The Balaban J connectivity index is 2.20. The molecule has 0 spiro atoms. The summed E-state index contributed by atoms with van der Waals surface area (Å²) in [5, 5.41) is 0. The number of carbonyl (C=O) groups is 2. The smallest absolute Gasteiger partial charge is 0.315 e. The van der Waals surface area contributed by atoms with Crippen molar-refractivity contribution in [1.29, 1.82) is 0 Å². The van der Waals surface area contributed by atoms with Gasteiger partial charge in [0.2, 0.25) is 0 Å². The number of thioether (sulfide) groups is 1. The first kappa shape index (κ1) is 13.8. The van der Waals surface area contributed by atoms with Crippen LogP contribution in [0.3, 0.4) is 0 Å². The summed E-state index contributed by atoms with van der Waals surface area (Å²) in [5.74, 6) is 0.470. The van der Waals surface area contributed by atoms with Crippen LogP contribution < -0.4 is 0 Å². The first-order valence-corrected chi connectivity index (χ1v) is 6.67. The maximum Gasteiger partial charge on any atom is 0.315 e. The lowest BCUT2D eigenvalue weighted by Crippen LogP contribution is -2.11. The van der Waals surface area contributed by atoms with Crippen LogP contribution in [-0.4, -0.2) is 29.9 Å². The summed E-state index contributed by atoms with van der Waals surface area (Å²) in [5.41, 5.74) is 1.01. The van der Waals surface area contributed by atoms with Gasteiger partial charge in [-0.05, 0) is 12.5 Å². The second-order valence-electron chi connectivity index (χ2n) is 3.50. The summed E-state index contributed by atoms with van der Waals surface area (Å²) in [6.07, 6.45) is 0.427. The van der Waals surface area contributed by atoms with Gasteiger partial charge in [0.05, 0.1) is 18.1 Å². The van der Waals surface area contributed by atoms with E-state index in [0.29, 0.717) is 18.8 Å². The Morgan fingerprint density at radius 3 is 2.53 bits per heavy atom. The molecule has 1 aromatic carbocycles. The van der Waals surface area contributed by atoms with Crippen molar-refractivity contribution in [2.45, 2.75) is 13.3 Å². The molecule has 0 aliphatic rings. The minimum absolute atomic E-state index is 0.130. The van der Waals surface area contributed by atoms with Crippen molar-refractivity contribution in [3.8, 4) is 0 Å². The molecule has 0 aromatic heterocycles. The molecule has 0 saturated carbocycles. The van der Waals surface area contributed by atoms with Crippen molar-refractivity contribution in [2.75, 3.05) is 18.1 Å². The van der Waals surface area contributed by atoms with Crippen LogP contribution in [0.25, 0.3) is 0 Å². The fraction of sp³-hybridized carbons (Fsp3) is 0.385. The van der Waals surface area contributed by atoms with Crippen LogP contribution in [0.1, 0.15) is 12.5 Å². The number of rotatable bonds is 7. The van der Waals surface area contributed by atoms with Gasteiger partial charge in [0.15, 0.2) is 0 Å². The van der Waals surface area contributed by atoms with E-state index >= 15 is 0 Å². The molecule has 0 aliphatic heterocycles. The SMILES string of the molecule is CCOC(=O)CSCC(=O)Cc1ccccc1. The number of ketones is 1. The number of hydrogen-bond acceptors (Lipinski definition) is 4. The third-order valence-corrected chi connectivity index (χ3v) is 3.00. The molecule has 1 aromatic rings. The van der Waals surface area contributed by atoms with Crippen LogP contribution in [0.2, 0.25) is 0 Å². The third kappa shape index (κ3) is 6.12. The van der Waals surface area contributed by atoms with Gasteiger partial charge in [-0.25, -0.2) is 0 Å². The Kier molecular flexibility index (Phi) is 6.40. The molecule has 4 heteroatoms. The van der Waals surface area contributed by atoms with Crippen LogP contribution in [0.5, 0.6) is 0 Å². The molecule has 0 radical (unpaired) electrons. The number of hydrogen-bond donors (Lipinski definition) is 0. The van der Waals surface area contributed by atoms with Crippen molar-refractivity contribution in [1.82, 2.24) is 0 Å². The quantitative estimate of drug-likeness (QED) is 0.697. The monoisotopic (exact) mass is 252 g/mol. The summed E-state index contributed by atoms with van der Waals surface area (Å²) >= 11 is 1.30. The summed E-state index contributed by atoms with van der Waals surface area (Å²) in [6, 6.07) is 9.59. The maximum absolute atomic E-state index is 11.6. The first-order chi connectivity index (χ1) is 8.22. The van der Waals surface area contributed by atoms with E-state index in [2.05, 4.69) is 0 Å². The molecule has 0 amide bonds. The summed E-state index contributed by atoms with van der Waals surface area (Å²) in [7, 11) is 0. The highest BCUT2D eigenvalue weighted by Crippen LogP contribution is 2.06. The third-order valence-electron chi connectivity index (χ3n) is 2.03. The van der Waals surface area contributed by atoms with E-state index in [1.807, 2.05) is 30.3 Å². The van der Waals surface area contributed by atoms with Gasteiger partial charge in [-0.2, -0.15) is 0 Å². The minimum Gasteiger partial charge on any atom is -0.465 e. The predicted molar refractivity (Wildman–Crippen MR) is 69.1 cm³/mol. The average molecular weight is 252 g/mol. The highest BCUT2D eigenvalue weighted by atomic mass is 32.2. The Labute approximate surface area is 106 Å². The lowest BCUT2D eigenvalue weighted by Gasteiger charge is -2.02. The van der Waals surface area contributed by atoms with E-state index in [-0.39, 0.29) is 17.5 Å². The molecule has 0 heterocycles. The molecule has 0 aliphatic carbocycles. The standard InChI is InChI=1S/C13H16O3S/c1-2-16-13(15)10-17-9-12(14)8-11-6-4-3-5-7-11/h3-7H,2,8-10H2,1H3. The van der Waals surface area contributed by atoms with Gasteiger partial charge in [-0.1, -0.05) is 30.3 Å². The molecule has 0 unspecified atom stereocenters. The fourth-order valence-corrected chi connectivity index (χ4v) is 2.01. The molecule has 17 heavy (non-hydrogen) atoms. The second-order valence-corrected chi connectivity index (χ2v) is 4.48. The molecular weight excluding hydrogens is 236 g/mol. The van der Waals surface area contributed by atoms with E-state index in [1.165, 1.54) is 11.8 Å². The van der Waals surface area contributed by atoms with Gasteiger partial charge in [0.25, 0.3) is 0 Å². The zero-order chi connectivity index (χ0) is 12.5. The summed E-state index contributed by atoms with van der Waals surface area (Å²) < 4.78 is 4.77. The summed E-state index contributed by atoms with van der Waals surface area (Å²) in [6.45, 7) is 2.15. The van der Waals surface area contributed by atoms with Crippen molar-refractivity contribution in [3.63, 3.8) is 0 Å². The second kappa shape index (κ2) is 7.90. The number of Topliss-reactive ketones (excluding diaryl/α,β-unsaturated/α-hetero) is 1. The van der Waals surface area contributed by atoms with Crippen molar-refractivity contribution in [3.05, 3.63) is 35.9 Å². The van der Waals surface area contributed by atoms with E-state index in [4.69, 9.17) is 4.74 Å². The van der Waals surface area contributed by atoms with E-state index in [9.17, 15) is 9.59 Å². The first-order valence-electron chi connectivity index (χ1n) is 5.51. The maximum atomic E-state index is 11.6. The van der Waals surface area contributed by atoms with Crippen molar-refractivity contribution >= 4 is 23.5 Å². The van der Waals surface area contributed by atoms with Crippen molar-refractivity contribution < 1.29 is 14.3 Å². The lowest BCUT2D eigenvalue weighted by atomic mass is 10.1. The van der Waals surface area contributed by atoms with Crippen LogP contribution in [-0.2, 0) is 20.7 Å². The molecular formula is C13H16O3S. The number of esters is 1. The van der Waals surface area contributed by atoms with Gasteiger partial charge >= 0.3 is 5.97 Å². The lowest BCUT2D eigenvalue weighted by molar-refractivity contribution is -0.139. The number of carbonyl (C=O) groups excluding carboxylic acids is 2. The molecule has 92 valence electrons. The molecule has 1 rings (SSSR count). The summed E-state index contributed by atoms with van der Waals surface area (Å²) in [4.78, 5) is 22.6.